The molecule has 27 heavy (non-hydrogen) atoms. The van der Waals surface area contributed by atoms with Crippen LogP contribution in [0.3, 0.4) is 0 Å². The Morgan fingerprint density at radius 3 is 2.67 bits per heavy atom. The molecule has 0 saturated heterocycles. The first-order valence-electron chi connectivity index (χ1n) is 8.01. The fraction of sp³-hybridized carbons (Fsp3) is 0.467. The second-order valence-corrected chi connectivity index (χ2v) is 6.59. The number of ether oxygens (including phenoxy) is 2. The van der Waals surface area contributed by atoms with Gasteiger partial charge in [0.1, 0.15) is 11.9 Å². The largest absolute Gasteiger partial charge is 0.463 e. The third-order valence-corrected chi connectivity index (χ3v) is 4.17. The zero-order chi connectivity index (χ0) is 19.8. The predicted octanol–water partition coefficient (Wildman–Crippen LogP) is 3.48. The van der Waals surface area contributed by atoms with Crippen LogP contribution in [0.5, 0.6) is 5.88 Å². The lowest BCUT2D eigenvalue weighted by Crippen LogP contribution is -2.32. The van der Waals surface area contributed by atoms with Crippen molar-refractivity contribution in [1.82, 2.24) is 29.4 Å². The Hall–Kier alpha value is -1.96. The maximum absolute atomic E-state index is 13.0. The van der Waals surface area contributed by atoms with Crippen LogP contribution in [-0.2, 0) is 4.74 Å². The second-order valence-electron chi connectivity index (χ2n) is 5.63. The van der Waals surface area contributed by atoms with E-state index in [2.05, 4.69) is 20.2 Å². The molecular weight excluding hydrogens is 480 g/mol. The summed E-state index contributed by atoms with van der Waals surface area (Å²) in [7, 11) is 0. The maximum Gasteiger partial charge on any atom is 0.425 e. The molecule has 146 valence electrons. The van der Waals surface area contributed by atoms with Gasteiger partial charge in [-0.2, -0.15) is 22.8 Å². The first kappa shape index (κ1) is 19.8. The summed E-state index contributed by atoms with van der Waals surface area (Å²) in [5.41, 5.74) is 0.927. The van der Waals surface area contributed by atoms with E-state index < -0.39 is 12.3 Å². The number of aromatic nitrogens is 6. The number of hydrogen-bond donors (Lipinski definition) is 0. The van der Waals surface area contributed by atoms with Crippen LogP contribution in [-0.4, -0.2) is 48.2 Å². The van der Waals surface area contributed by atoms with Crippen molar-refractivity contribution in [3.63, 3.8) is 0 Å². The molecule has 0 aliphatic rings. The Kier molecular flexibility index (Phi) is 5.55. The molecule has 0 saturated carbocycles. The van der Waals surface area contributed by atoms with E-state index in [-0.39, 0.29) is 23.4 Å². The summed E-state index contributed by atoms with van der Waals surface area (Å²) in [6, 6.07) is 0. The van der Waals surface area contributed by atoms with Gasteiger partial charge in [-0.15, -0.1) is 5.10 Å². The van der Waals surface area contributed by atoms with E-state index in [0.29, 0.717) is 16.0 Å². The lowest BCUT2D eigenvalue weighted by atomic mass is 10.2. The van der Waals surface area contributed by atoms with Gasteiger partial charge in [-0.25, -0.2) is 14.6 Å². The van der Waals surface area contributed by atoms with Gasteiger partial charge in [0.15, 0.2) is 11.8 Å². The molecule has 0 amide bonds. The first-order chi connectivity index (χ1) is 12.7. The van der Waals surface area contributed by atoms with Crippen molar-refractivity contribution >= 4 is 28.2 Å². The molecule has 3 aromatic rings. The Morgan fingerprint density at radius 1 is 1.26 bits per heavy atom. The first-order valence-corrected chi connectivity index (χ1v) is 9.09. The number of halogens is 4. The standard InChI is InChI=1S/C15H16F3IN6O2/c1-4-26-9(3)24-7-10(5-21-24)12-13(27-8(2)15(16,17)18)25-11(6-20-12)22-14(19)23-25/h5-9H,4H2,1-3H3. The summed E-state index contributed by atoms with van der Waals surface area (Å²) >= 11 is 1.87. The highest BCUT2D eigenvalue weighted by Crippen LogP contribution is 2.32. The molecule has 2 atom stereocenters. The lowest BCUT2D eigenvalue weighted by Gasteiger charge is -2.19. The van der Waals surface area contributed by atoms with Gasteiger partial charge in [0.05, 0.1) is 12.4 Å². The smallest absolute Gasteiger partial charge is 0.425 e. The van der Waals surface area contributed by atoms with Crippen molar-refractivity contribution in [1.29, 1.82) is 0 Å². The number of alkyl halides is 3. The molecule has 0 N–H and O–H groups in total. The molecule has 2 unspecified atom stereocenters. The molecule has 0 aliphatic carbocycles. The summed E-state index contributed by atoms with van der Waals surface area (Å²) in [4.78, 5) is 8.34. The SMILES string of the molecule is CCOC(C)n1cc(-c2ncc3nc(I)nn3c2OC(C)C(F)(F)F)cn1. The van der Waals surface area contributed by atoms with Crippen LogP contribution in [0.1, 0.15) is 27.0 Å². The summed E-state index contributed by atoms with van der Waals surface area (Å²) in [5.74, 6) is -0.156. The number of rotatable bonds is 6. The fourth-order valence-electron chi connectivity index (χ4n) is 2.32. The van der Waals surface area contributed by atoms with E-state index in [1.807, 2.05) is 29.5 Å². The molecule has 3 aromatic heterocycles. The van der Waals surface area contributed by atoms with Gasteiger partial charge in [-0.1, -0.05) is 0 Å². The third-order valence-electron chi connectivity index (χ3n) is 3.72. The third kappa shape index (κ3) is 4.15. The highest BCUT2D eigenvalue weighted by atomic mass is 127. The zero-order valence-corrected chi connectivity index (χ0v) is 16.8. The summed E-state index contributed by atoms with van der Waals surface area (Å²) in [6.45, 7) is 5.08. The van der Waals surface area contributed by atoms with Gasteiger partial charge >= 0.3 is 6.18 Å². The van der Waals surface area contributed by atoms with E-state index >= 15 is 0 Å². The van der Waals surface area contributed by atoms with Crippen molar-refractivity contribution < 1.29 is 22.6 Å². The molecule has 3 heterocycles. The monoisotopic (exact) mass is 496 g/mol. The minimum atomic E-state index is -4.54. The van der Waals surface area contributed by atoms with E-state index in [1.54, 1.807) is 17.8 Å². The van der Waals surface area contributed by atoms with Gasteiger partial charge in [0, 0.05) is 41.0 Å². The van der Waals surface area contributed by atoms with Crippen LogP contribution in [0, 0.1) is 3.83 Å². The molecule has 8 nitrogen and oxygen atoms in total. The van der Waals surface area contributed by atoms with Crippen LogP contribution >= 0.6 is 22.6 Å². The average Bonchev–Trinajstić information content (AvgIpc) is 3.20. The minimum absolute atomic E-state index is 0.156. The van der Waals surface area contributed by atoms with Crippen molar-refractivity contribution in [3.05, 3.63) is 22.4 Å². The quantitative estimate of drug-likeness (QED) is 0.487. The van der Waals surface area contributed by atoms with Crippen molar-refractivity contribution in [3.8, 4) is 17.1 Å². The Balaban J connectivity index is 2.08. The molecule has 3 rings (SSSR count). The zero-order valence-electron chi connectivity index (χ0n) is 14.6. The molecule has 0 aromatic carbocycles. The summed E-state index contributed by atoms with van der Waals surface area (Å²) in [5, 5.41) is 8.31. The molecule has 0 fully saturated rings. The topological polar surface area (TPSA) is 79.4 Å². The Bertz CT molecular complexity index is 941. The van der Waals surface area contributed by atoms with Crippen LogP contribution < -0.4 is 4.74 Å². The highest BCUT2D eigenvalue weighted by molar-refractivity contribution is 14.1. The van der Waals surface area contributed by atoms with Crippen LogP contribution in [0.4, 0.5) is 13.2 Å². The Morgan fingerprint density at radius 2 is 2.00 bits per heavy atom. The lowest BCUT2D eigenvalue weighted by molar-refractivity contribution is -0.190. The molecule has 0 bridgehead atoms. The van der Waals surface area contributed by atoms with Crippen molar-refractivity contribution in [2.75, 3.05) is 6.61 Å². The van der Waals surface area contributed by atoms with E-state index in [1.165, 1.54) is 16.9 Å². The van der Waals surface area contributed by atoms with E-state index in [0.717, 1.165) is 6.92 Å². The van der Waals surface area contributed by atoms with Crippen molar-refractivity contribution in [2.45, 2.75) is 39.3 Å². The number of hydrogen-bond acceptors (Lipinski definition) is 6. The second kappa shape index (κ2) is 7.58. The van der Waals surface area contributed by atoms with Crippen LogP contribution in [0.2, 0.25) is 0 Å². The van der Waals surface area contributed by atoms with Gasteiger partial charge in [0.2, 0.25) is 9.71 Å². The van der Waals surface area contributed by atoms with Gasteiger partial charge in [-0.3, -0.25) is 0 Å². The van der Waals surface area contributed by atoms with Crippen LogP contribution in [0.15, 0.2) is 18.6 Å². The fourth-order valence-corrected chi connectivity index (χ4v) is 2.79. The molecule has 0 radical (unpaired) electrons. The van der Waals surface area contributed by atoms with E-state index in [9.17, 15) is 13.2 Å². The normalized spacial score (nSPS) is 14.5. The van der Waals surface area contributed by atoms with Crippen molar-refractivity contribution in [2.24, 2.45) is 0 Å². The van der Waals surface area contributed by atoms with Gasteiger partial charge in [-0.05, 0) is 20.8 Å². The summed E-state index contributed by atoms with van der Waals surface area (Å²) in [6.07, 6.45) is -2.40. The molecular formula is C15H16F3IN6O2. The number of nitrogens with zero attached hydrogens (tertiary/aromatic N) is 6. The number of fused-ring (bicyclic) bond motifs is 1. The Labute approximate surface area is 165 Å². The van der Waals surface area contributed by atoms with E-state index in [4.69, 9.17) is 9.47 Å². The minimum Gasteiger partial charge on any atom is -0.463 e. The van der Waals surface area contributed by atoms with Gasteiger partial charge in [0.25, 0.3) is 0 Å². The average molecular weight is 496 g/mol. The molecule has 0 spiro atoms. The predicted molar refractivity (Wildman–Crippen MR) is 97.2 cm³/mol. The maximum atomic E-state index is 13.0. The van der Waals surface area contributed by atoms with Crippen LogP contribution in [0.25, 0.3) is 16.9 Å². The van der Waals surface area contributed by atoms with Gasteiger partial charge < -0.3 is 9.47 Å². The molecule has 12 heteroatoms. The molecule has 0 aliphatic heterocycles. The summed E-state index contributed by atoms with van der Waals surface area (Å²) < 4.78 is 52.9. The highest BCUT2D eigenvalue weighted by Gasteiger charge is 2.39.